The van der Waals surface area contributed by atoms with Crippen LogP contribution < -0.4 is 10.9 Å². The van der Waals surface area contributed by atoms with Crippen LogP contribution in [0.1, 0.15) is 46.1 Å². The molecule has 1 N–H and O–H groups in total. The lowest BCUT2D eigenvalue weighted by atomic mass is 9.90. The number of hydrogen-bond acceptors (Lipinski definition) is 3. The van der Waals surface area contributed by atoms with E-state index in [-0.39, 0.29) is 11.0 Å². The van der Waals surface area contributed by atoms with Crippen molar-refractivity contribution in [1.82, 2.24) is 9.55 Å². The molecular formula is C13H21N3O. The summed E-state index contributed by atoms with van der Waals surface area (Å²) in [6.07, 6.45) is 6.80. The zero-order chi connectivity index (χ0) is 12.5. The second-order valence-corrected chi connectivity index (χ2v) is 5.59. The maximum atomic E-state index is 12.1. The Morgan fingerprint density at radius 1 is 1.53 bits per heavy atom. The first-order valence-electron chi connectivity index (χ1n) is 6.34. The summed E-state index contributed by atoms with van der Waals surface area (Å²) in [5.41, 5.74) is 0.205. The third-order valence-corrected chi connectivity index (χ3v) is 3.50. The maximum absolute atomic E-state index is 12.1. The number of aromatic nitrogens is 2. The van der Waals surface area contributed by atoms with Gasteiger partial charge in [0, 0.05) is 25.0 Å². The molecular weight excluding hydrogens is 214 g/mol. The lowest BCUT2D eigenvalue weighted by Crippen LogP contribution is -2.28. The van der Waals surface area contributed by atoms with E-state index in [1.807, 2.05) is 0 Å². The van der Waals surface area contributed by atoms with E-state index < -0.39 is 0 Å². The molecule has 4 heteroatoms. The van der Waals surface area contributed by atoms with E-state index >= 15 is 0 Å². The quantitative estimate of drug-likeness (QED) is 0.852. The van der Waals surface area contributed by atoms with Crippen molar-refractivity contribution in [2.24, 2.45) is 5.41 Å². The minimum absolute atomic E-state index is 0.0157. The molecule has 1 aromatic rings. The molecule has 1 fully saturated rings. The van der Waals surface area contributed by atoms with Gasteiger partial charge in [0.05, 0.1) is 0 Å². The molecule has 0 radical (unpaired) electrons. The van der Waals surface area contributed by atoms with E-state index in [2.05, 4.69) is 31.1 Å². The van der Waals surface area contributed by atoms with E-state index in [0.29, 0.717) is 11.9 Å². The molecule has 2 rings (SSSR count). The van der Waals surface area contributed by atoms with Crippen LogP contribution in [-0.4, -0.2) is 16.1 Å². The highest BCUT2D eigenvalue weighted by molar-refractivity contribution is 5.31. The molecule has 1 heterocycles. The molecule has 1 aromatic heterocycles. The van der Waals surface area contributed by atoms with Crippen molar-refractivity contribution in [2.45, 2.75) is 46.1 Å². The van der Waals surface area contributed by atoms with Crippen molar-refractivity contribution >= 4 is 5.82 Å². The topological polar surface area (TPSA) is 46.9 Å². The number of anilines is 1. The summed E-state index contributed by atoms with van der Waals surface area (Å²) in [7, 11) is 0. The lowest BCUT2D eigenvalue weighted by Gasteiger charge is -2.23. The Balaban J connectivity index is 2.11. The van der Waals surface area contributed by atoms with Crippen molar-refractivity contribution < 1.29 is 0 Å². The van der Waals surface area contributed by atoms with Gasteiger partial charge in [0.2, 0.25) is 0 Å². The molecule has 1 aliphatic carbocycles. The molecule has 0 spiro atoms. The number of nitrogens with zero attached hydrogens (tertiary/aromatic N) is 2. The van der Waals surface area contributed by atoms with E-state index in [0.717, 1.165) is 25.8 Å². The van der Waals surface area contributed by atoms with Gasteiger partial charge in [-0.05, 0) is 24.7 Å². The van der Waals surface area contributed by atoms with Gasteiger partial charge in [0.25, 0.3) is 5.56 Å². The second-order valence-electron chi connectivity index (χ2n) is 5.59. The molecule has 0 aliphatic heterocycles. The highest BCUT2D eigenvalue weighted by Crippen LogP contribution is 2.33. The number of nitrogens with one attached hydrogen (secondary N) is 1. The molecule has 0 saturated heterocycles. The van der Waals surface area contributed by atoms with Crippen LogP contribution in [-0.2, 0) is 0 Å². The summed E-state index contributed by atoms with van der Waals surface area (Å²) in [5.74, 6) is 0.487. The van der Waals surface area contributed by atoms with Gasteiger partial charge in [-0.3, -0.25) is 4.79 Å². The van der Waals surface area contributed by atoms with Crippen LogP contribution in [0.15, 0.2) is 17.2 Å². The van der Waals surface area contributed by atoms with Crippen LogP contribution in [0.5, 0.6) is 0 Å². The SMILES string of the molecule is CCC(C)(C)CNc1nccn(C2CC2)c1=O. The molecule has 17 heavy (non-hydrogen) atoms. The molecule has 0 amide bonds. The molecule has 1 aliphatic rings. The highest BCUT2D eigenvalue weighted by atomic mass is 16.1. The largest absolute Gasteiger partial charge is 0.365 e. The monoisotopic (exact) mass is 235 g/mol. The molecule has 4 nitrogen and oxygen atoms in total. The van der Waals surface area contributed by atoms with Crippen LogP contribution in [0.3, 0.4) is 0 Å². The first-order chi connectivity index (χ1) is 8.03. The Kier molecular flexibility index (Phi) is 3.22. The van der Waals surface area contributed by atoms with Gasteiger partial charge in [0.15, 0.2) is 5.82 Å². The van der Waals surface area contributed by atoms with Gasteiger partial charge in [-0.1, -0.05) is 20.8 Å². The highest BCUT2D eigenvalue weighted by Gasteiger charge is 2.25. The van der Waals surface area contributed by atoms with Gasteiger partial charge in [0.1, 0.15) is 0 Å². The standard InChI is InChI=1S/C13H21N3O/c1-4-13(2,3)9-15-11-12(17)16(8-7-14-11)10-5-6-10/h7-8,10H,4-6,9H2,1-3H3,(H,14,15). The zero-order valence-electron chi connectivity index (χ0n) is 10.9. The number of rotatable bonds is 5. The first kappa shape index (κ1) is 12.1. The van der Waals surface area contributed by atoms with Gasteiger partial charge in [-0.2, -0.15) is 0 Å². The Bertz CT molecular complexity index is 446. The predicted molar refractivity (Wildman–Crippen MR) is 69.3 cm³/mol. The van der Waals surface area contributed by atoms with Crippen molar-refractivity contribution in [3.05, 3.63) is 22.7 Å². The summed E-state index contributed by atoms with van der Waals surface area (Å²) >= 11 is 0. The fraction of sp³-hybridized carbons (Fsp3) is 0.692. The van der Waals surface area contributed by atoms with Crippen LogP contribution in [0.25, 0.3) is 0 Å². The minimum Gasteiger partial charge on any atom is -0.365 e. The van der Waals surface area contributed by atoms with E-state index in [1.165, 1.54) is 0 Å². The molecule has 0 bridgehead atoms. The summed E-state index contributed by atoms with van der Waals surface area (Å²) in [5, 5.41) is 3.18. The molecule has 0 atom stereocenters. The molecule has 94 valence electrons. The summed E-state index contributed by atoms with van der Waals surface area (Å²) in [6, 6.07) is 0.408. The average molecular weight is 235 g/mol. The van der Waals surface area contributed by atoms with Crippen molar-refractivity contribution in [3.8, 4) is 0 Å². The van der Waals surface area contributed by atoms with Gasteiger partial charge >= 0.3 is 0 Å². The molecule has 1 saturated carbocycles. The van der Waals surface area contributed by atoms with Crippen LogP contribution in [0.2, 0.25) is 0 Å². The van der Waals surface area contributed by atoms with Crippen molar-refractivity contribution in [2.75, 3.05) is 11.9 Å². The third kappa shape index (κ3) is 2.87. The third-order valence-electron chi connectivity index (χ3n) is 3.50. The fourth-order valence-corrected chi connectivity index (χ4v) is 1.63. The Hall–Kier alpha value is -1.32. The Morgan fingerprint density at radius 2 is 2.24 bits per heavy atom. The van der Waals surface area contributed by atoms with E-state index in [9.17, 15) is 4.79 Å². The normalized spacial score (nSPS) is 15.9. The first-order valence-corrected chi connectivity index (χ1v) is 6.34. The Labute approximate surface area is 102 Å². The molecule has 0 aromatic carbocycles. The van der Waals surface area contributed by atoms with Crippen LogP contribution in [0, 0.1) is 5.41 Å². The predicted octanol–water partition coefficient (Wildman–Crippen LogP) is 2.43. The second kappa shape index (κ2) is 4.51. The van der Waals surface area contributed by atoms with Gasteiger partial charge in [-0.15, -0.1) is 0 Å². The zero-order valence-corrected chi connectivity index (χ0v) is 10.9. The molecule has 0 unspecified atom stereocenters. The Morgan fingerprint density at radius 3 is 2.82 bits per heavy atom. The average Bonchev–Trinajstić information content (AvgIpc) is 3.12. The van der Waals surface area contributed by atoms with Gasteiger partial charge < -0.3 is 9.88 Å². The van der Waals surface area contributed by atoms with Gasteiger partial charge in [-0.25, -0.2) is 4.98 Å². The van der Waals surface area contributed by atoms with Crippen molar-refractivity contribution in [1.29, 1.82) is 0 Å². The minimum atomic E-state index is 0.0157. The van der Waals surface area contributed by atoms with E-state index in [1.54, 1.807) is 17.0 Å². The lowest BCUT2D eigenvalue weighted by molar-refractivity contribution is 0.376. The van der Waals surface area contributed by atoms with Crippen molar-refractivity contribution in [3.63, 3.8) is 0 Å². The summed E-state index contributed by atoms with van der Waals surface area (Å²) < 4.78 is 1.80. The van der Waals surface area contributed by atoms with E-state index in [4.69, 9.17) is 0 Å². The van der Waals surface area contributed by atoms with Crippen LogP contribution >= 0.6 is 0 Å². The number of hydrogen-bond donors (Lipinski definition) is 1. The smallest absolute Gasteiger partial charge is 0.293 e. The maximum Gasteiger partial charge on any atom is 0.293 e. The fourth-order valence-electron chi connectivity index (χ4n) is 1.63. The van der Waals surface area contributed by atoms with Crippen LogP contribution in [0.4, 0.5) is 5.82 Å². The summed E-state index contributed by atoms with van der Waals surface area (Å²) in [4.78, 5) is 16.2. The summed E-state index contributed by atoms with van der Waals surface area (Å²) in [6.45, 7) is 7.30.